The van der Waals surface area contributed by atoms with Gasteiger partial charge >= 0.3 is 12.4 Å². The normalized spacial score (nSPS) is 16.0. The molecule has 0 amide bonds. The zero-order valence-corrected chi connectivity index (χ0v) is 22.0. The maximum atomic E-state index is 14.1. The molecule has 3 aromatic carbocycles. The summed E-state index contributed by atoms with van der Waals surface area (Å²) in [5.74, 6) is -0.0156. The number of halogens is 7. The number of aliphatic imine (C=N–C) groups is 1. The van der Waals surface area contributed by atoms with Crippen LogP contribution in [0.15, 0.2) is 71.7 Å². The molecule has 0 aromatic heterocycles. The van der Waals surface area contributed by atoms with E-state index in [0.29, 0.717) is 23.0 Å². The van der Waals surface area contributed by atoms with E-state index < -0.39 is 35.3 Å². The Kier molecular flexibility index (Phi) is 8.55. The van der Waals surface area contributed by atoms with Crippen molar-refractivity contribution in [2.75, 3.05) is 17.6 Å². The minimum atomic E-state index is -4.65. The van der Waals surface area contributed by atoms with Crippen LogP contribution in [0.3, 0.4) is 0 Å². The molecular formula is C27H22F7N3S2. The lowest BCUT2D eigenvalue weighted by atomic mass is 9.92. The molecule has 1 unspecified atom stereocenters. The molecule has 0 aliphatic carbocycles. The second kappa shape index (κ2) is 11.5. The average molecular weight is 586 g/mol. The third-order valence-corrected chi connectivity index (χ3v) is 7.29. The minimum Gasteiger partial charge on any atom is -0.332 e. The predicted molar refractivity (Wildman–Crippen MR) is 143 cm³/mol. The topological polar surface area (TPSA) is 27.6 Å². The highest BCUT2D eigenvalue weighted by atomic mass is 32.2. The highest BCUT2D eigenvalue weighted by Crippen LogP contribution is 2.40. The Morgan fingerprint density at radius 1 is 1.00 bits per heavy atom. The van der Waals surface area contributed by atoms with E-state index in [4.69, 9.17) is 12.2 Å². The van der Waals surface area contributed by atoms with Gasteiger partial charge in [-0.25, -0.2) is 4.39 Å². The number of rotatable bonds is 5. The molecule has 3 nitrogen and oxygen atoms in total. The number of nitrogens with one attached hydrogen (secondary N) is 1. The second-order valence-electron chi connectivity index (χ2n) is 8.81. The van der Waals surface area contributed by atoms with E-state index in [1.807, 2.05) is 0 Å². The molecule has 0 saturated carbocycles. The molecule has 1 aliphatic heterocycles. The Bertz CT molecular complexity index is 1390. The fourth-order valence-corrected chi connectivity index (χ4v) is 5.61. The number of alkyl halides is 6. The minimum absolute atomic E-state index is 0.0178. The van der Waals surface area contributed by atoms with Gasteiger partial charge in [-0.05, 0) is 72.6 Å². The van der Waals surface area contributed by atoms with E-state index in [9.17, 15) is 30.7 Å². The number of hydrogen-bond acceptors (Lipinski definition) is 3. The summed E-state index contributed by atoms with van der Waals surface area (Å²) >= 11 is 6.71. The molecule has 1 fully saturated rings. The van der Waals surface area contributed by atoms with Crippen molar-refractivity contribution in [3.8, 4) is 0 Å². The van der Waals surface area contributed by atoms with E-state index in [0.717, 1.165) is 12.1 Å². The van der Waals surface area contributed by atoms with Crippen LogP contribution in [-0.2, 0) is 18.8 Å². The summed E-state index contributed by atoms with van der Waals surface area (Å²) in [6.07, 6.45) is -9.20. The van der Waals surface area contributed by atoms with Gasteiger partial charge in [0.05, 0.1) is 17.2 Å². The summed E-state index contributed by atoms with van der Waals surface area (Å²) in [5, 5.41) is 3.15. The summed E-state index contributed by atoms with van der Waals surface area (Å²) in [6, 6.07) is 13.3. The number of thiocarbonyl (C=S) groups is 1. The SMILES string of the molecule is Cc1cccc(C(Cc2cccc(F)c2)N=C2SCCN2C(=S)Nc2cccc(C(F)(F)F)c2)c1C(F)(F)F. The number of nitrogens with zero attached hydrogens (tertiary/aromatic N) is 2. The van der Waals surface area contributed by atoms with Crippen molar-refractivity contribution in [2.24, 2.45) is 4.99 Å². The second-order valence-corrected chi connectivity index (χ2v) is 10.3. The zero-order chi connectivity index (χ0) is 28.4. The number of benzene rings is 3. The molecule has 0 radical (unpaired) electrons. The monoisotopic (exact) mass is 585 g/mol. The van der Waals surface area contributed by atoms with Gasteiger partial charge in [0, 0.05) is 18.0 Å². The van der Waals surface area contributed by atoms with Crippen LogP contribution in [-0.4, -0.2) is 27.5 Å². The van der Waals surface area contributed by atoms with Gasteiger partial charge in [0.1, 0.15) is 5.82 Å². The Balaban J connectivity index is 1.70. The highest BCUT2D eigenvalue weighted by Gasteiger charge is 2.37. The number of amidine groups is 1. The maximum Gasteiger partial charge on any atom is 0.417 e. The van der Waals surface area contributed by atoms with Gasteiger partial charge in [0.25, 0.3) is 0 Å². The first-order valence-electron chi connectivity index (χ1n) is 11.7. The predicted octanol–water partition coefficient (Wildman–Crippen LogP) is 8.26. The molecule has 39 heavy (non-hydrogen) atoms. The van der Waals surface area contributed by atoms with Crippen LogP contribution >= 0.6 is 24.0 Å². The molecule has 206 valence electrons. The third kappa shape index (κ3) is 7.10. The van der Waals surface area contributed by atoms with E-state index in [2.05, 4.69) is 10.3 Å². The van der Waals surface area contributed by atoms with Gasteiger partial charge in [0.15, 0.2) is 10.3 Å². The van der Waals surface area contributed by atoms with E-state index in [-0.39, 0.29) is 28.3 Å². The Labute approximate surface area is 230 Å². The molecule has 0 bridgehead atoms. The first-order chi connectivity index (χ1) is 18.3. The zero-order valence-electron chi connectivity index (χ0n) is 20.4. The molecule has 12 heteroatoms. The van der Waals surface area contributed by atoms with Crippen molar-refractivity contribution < 1.29 is 30.7 Å². The summed E-state index contributed by atoms with van der Waals surface area (Å²) in [5.41, 5.74) is -1.13. The number of anilines is 1. The fraction of sp³-hybridized carbons (Fsp3) is 0.259. The van der Waals surface area contributed by atoms with Gasteiger partial charge in [-0.15, -0.1) is 0 Å². The quantitative estimate of drug-likeness (QED) is 0.241. The Morgan fingerprint density at radius 2 is 1.72 bits per heavy atom. The van der Waals surface area contributed by atoms with E-state index in [1.165, 1.54) is 67.2 Å². The molecule has 1 heterocycles. The molecule has 1 N–H and O–H groups in total. The molecule has 3 aromatic rings. The third-order valence-electron chi connectivity index (χ3n) is 6.00. The Morgan fingerprint density at radius 3 is 2.41 bits per heavy atom. The van der Waals surface area contributed by atoms with Crippen molar-refractivity contribution >= 4 is 39.9 Å². The van der Waals surface area contributed by atoms with Crippen molar-refractivity contribution in [3.05, 3.63) is 100 Å². The smallest absolute Gasteiger partial charge is 0.332 e. The van der Waals surface area contributed by atoms with Gasteiger partial charge in [-0.1, -0.05) is 48.2 Å². The van der Waals surface area contributed by atoms with Crippen molar-refractivity contribution in [1.82, 2.24) is 4.90 Å². The first kappa shape index (κ1) is 28.9. The van der Waals surface area contributed by atoms with Gasteiger partial charge in [-0.2, -0.15) is 26.3 Å². The average Bonchev–Trinajstić information content (AvgIpc) is 3.31. The number of aryl methyl sites for hydroxylation is 1. The first-order valence-corrected chi connectivity index (χ1v) is 13.1. The van der Waals surface area contributed by atoms with Crippen molar-refractivity contribution in [3.63, 3.8) is 0 Å². The summed E-state index contributed by atoms with van der Waals surface area (Å²) in [7, 11) is 0. The van der Waals surface area contributed by atoms with Crippen LogP contribution in [0.25, 0.3) is 0 Å². The van der Waals surface area contributed by atoms with E-state index >= 15 is 0 Å². The van der Waals surface area contributed by atoms with Crippen molar-refractivity contribution in [2.45, 2.75) is 31.7 Å². The van der Waals surface area contributed by atoms with Gasteiger partial charge < -0.3 is 5.32 Å². The largest absolute Gasteiger partial charge is 0.417 e. The number of hydrogen-bond donors (Lipinski definition) is 1. The van der Waals surface area contributed by atoms with Crippen LogP contribution in [0.5, 0.6) is 0 Å². The maximum absolute atomic E-state index is 14.1. The van der Waals surface area contributed by atoms with Crippen LogP contribution in [0.2, 0.25) is 0 Å². The number of thioether (sulfide) groups is 1. The lowest BCUT2D eigenvalue weighted by Crippen LogP contribution is -2.35. The molecule has 0 spiro atoms. The molecular weight excluding hydrogens is 563 g/mol. The van der Waals surface area contributed by atoms with Gasteiger partial charge in [-0.3, -0.25) is 9.89 Å². The molecule has 4 rings (SSSR count). The van der Waals surface area contributed by atoms with Crippen LogP contribution < -0.4 is 5.32 Å². The van der Waals surface area contributed by atoms with E-state index in [1.54, 1.807) is 11.0 Å². The van der Waals surface area contributed by atoms with Crippen LogP contribution in [0.4, 0.5) is 36.4 Å². The standard InChI is InChI=1S/C27H22F7N3S2/c1-16-5-2-10-21(23(16)27(32,33)34)22(14-17-6-3-8-19(28)13-17)36-25-37(11-12-39-25)24(38)35-20-9-4-7-18(15-20)26(29,30)31/h2-10,13,15,22H,11-12,14H2,1H3,(H,35,38). The van der Waals surface area contributed by atoms with Crippen molar-refractivity contribution in [1.29, 1.82) is 0 Å². The summed E-state index contributed by atoms with van der Waals surface area (Å²) < 4.78 is 95.6. The lowest BCUT2D eigenvalue weighted by molar-refractivity contribution is -0.139. The Hall–Kier alpha value is -3.12. The van der Waals surface area contributed by atoms with Gasteiger partial charge in [0.2, 0.25) is 0 Å². The summed E-state index contributed by atoms with van der Waals surface area (Å²) in [4.78, 5) is 6.21. The summed E-state index contributed by atoms with van der Waals surface area (Å²) in [6.45, 7) is 1.71. The highest BCUT2D eigenvalue weighted by molar-refractivity contribution is 8.14. The molecule has 1 aliphatic rings. The lowest BCUT2D eigenvalue weighted by Gasteiger charge is -2.24. The molecule has 1 atom stereocenters. The fourth-order valence-electron chi connectivity index (χ4n) is 4.26. The molecule has 1 saturated heterocycles. The van der Waals surface area contributed by atoms with Crippen LogP contribution in [0.1, 0.15) is 33.9 Å². The van der Waals surface area contributed by atoms with Crippen LogP contribution in [0, 0.1) is 12.7 Å².